The predicted octanol–water partition coefficient (Wildman–Crippen LogP) is 2.20. The van der Waals surface area contributed by atoms with Gasteiger partial charge in [0.05, 0.1) is 0 Å². The molecule has 0 aromatic rings. The second-order valence-corrected chi connectivity index (χ2v) is 5.32. The van der Waals surface area contributed by atoms with E-state index in [0.717, 1.165) is 38.5 Å². The third-order valence-corrected chi connectivity index (χ3v) is 3.94. The number of hydrogen-bond acceptors (Lipinski definition) is 2. The highest BCUT2D eigenvalue weighted by atomic mass is 16.4. The maximum atomic E-state index is 12.3. The lowest BCUT2D eigenvalue weighted by atomic mass is 10.0. The third-order valence-electron chi connectivity index (χ3n) is 3.94. The molecule has 0 heterocycles. The Morgan fingerprint density at radius 2 is 1.94 bits per heavy atom. The fourth-order valence-corrected chi connectivity index (χ4v) is 2.99. The Balaban J connectivity index is 1.95. The van der Waals surface area contributed by atoms with Crippen molar-refractivity contribution in [1.29, 1.82) is 0 Å². The predicted molar refractivity (Wildman–Crippen MR) is 68.1 cm³/mol. The van der Waals surface area contributed by atoms with Crippen LogP contribution in [0, 0.1) is 5.92 Å². The maximum absolute atomic E-state index is 12.3. The van der Waals surface area contributed by atoms with Crippen molar-refractivity contribution in [3.05, 3.63) is 12.2 Å². The van der Waals surface area contributed by atoms with Crippen LogP contribution in [0.3, 0.4) is 0 Å². The highest BCUT2D eigenvalue weighted by Gasteiger charge is 2.29. The van der Waals surface area contributed by atoms with E-state index in [1.807, 2.05) is 0 Å². The lowest BCUT2D eigenvalue weighted by Gasteiger charge is -2.28. The first-order chi connectivity index (χ1) is 8.66. The molecule has 100 valence electrons. The topological polar surface area (TPSA) is 57.6 Å². The van der Waals surface area contributed by atoms with Crippen molar-refractivity contribution in [2.24, 2.45) is 5.92 Å². The van der Waals surface area contributed by atoms with Crippen LogP contribution in [0.15, 0.2) is 12.2 Å². The molecule has 2 aliphatic rings. The zero-order chi connectivity index (χ0) is 13.0. The quantitative estimate of drug-likeness (QED) is 0.762. The van der Waals surface area contributed by atoms with Gasteiger partial charge in [0.25, 0.3) is 0 Å². The van der Waals surface area contributed by atoms with Crippen molar-refractivity contribution in [1.82, 2.24) is 4.90 Å². The summed E-state index contributed by atoms with van der Waals surface area (Å²) in [4.78, 5) is 24.7. The molecule has 1 N–H and O–H groups in total. The summed E-state index contributed by atoms with van der Waals surface area (Å²) < 4.78 is 0. The van der Waals surface area contributed by atoms with Gasteiger partial charge in [0, 0.05) is 12.5 Å². The van der Waals surface area contributed by atoms with Gasteiger partial charge >= 0.3 is 5.97 Å². The van der Waals surface area contributed by atoms with Gasteiger partial charge in [-0.2, -0.15) is 0 Å². The Labute approximate surface area is 108 Å². The minimum Gasteiger partial charge on any atom is -0.480 e. The van der Waals surface area contributed by atoms with Crippen molar-refractivity contribution < 1.29 is 14.7 Å². The number of carboxylic acid groups (broad SMARTS) is 1. The van der Waals surface area contributed by atoms with Crippen LogP contribution in [0.4, 0.5) is 0 Å². The van der Waals surface area contributed by atoms with Gasteiger partial charge < -0.3 is 10.0 Å². The van der Waals surface area contributed by atoms with Crippen molar-refractivity contribution >= 4 is 11.9 Å². The van der Waals surface area contributed by atoms with Gasteiger partial charge in [-0.15, -0.1) is 0 Å². The van der Waals surface area contributed by atoms with Crippen LogP contribution in [0.1, 0.15) is 44.9 Å². The van der Waals surface area contributed by atoms with E-state index in [1.165, 1.54) is 0 Å². The Bertz CT molecular complexity index is 345. The zero-order valence-electron chi connectivity index (χ0n) is 10.7. The van der Waals surface area contributed by atoms with E-state index in [4.69, 9.17) is 5.11 Å². The van der Waals surface area contributed by atoms with E-state index < -0.39 is 5.97 Å². The molecular formula is C14H21NO3. The zero-order valence-corrected chi connectivity index (χ0v) is 10.7. The highest BCUT2D eigenvalue weighted by molar-refractivity contribution is 5.82. The van der Waals surface area contributed by atoms with Crippen LogP contribution in [0.25, 0.3) is 0 Å². The monoisotopic (exact) mass is 251 g/mol. The van der Waals surface area contributed by atoms with Crippen LogP contribution in [-0.2, 0) is 9.59 Å². The number of carbonyl (C=O) groups excluding carboxylic acids is 1. The summed E-state index contributed by atoms with van der Waals surface area (Å²) in [5, 5.41) is 8.95. The molecule has 1 atom stereocenters. The number of amides is 1. The number of carboxylic acids is 1. The van der Waals surface area contributed by atoms with Crippen molar-refractivity contribution in [2.75, 3.05) is 6.54 Å². The Morgan fingerprint density at radius 3 is 2.50 bits per heavy atom. The van der Waals surface area contributed by atoms with E-state index >= 15 is 0 Å². The summed E-state index contributed by atoms with van der Waals surface area (Å²) in [5.74, 6) is -0.576. The molecule has 0 saturated heterocycles. The molecule has 0 bridgehead atoms. The third kappa shape index (κ3) is 3.34. The molecule has 2 rings (SSSR count). The molecule has 1 unspecified atom stereocenters. The van der Waals surface area contributed by atoms with E-state index in [1.54, 1.807) is 4.90 Å². The molecular weight excluding hydrogens is 230 g/mol. The molecule has 0 radical (unpaired) electrons. The molecule has 0 aliphatic heterocycles. The van der Waals surface area contributed by atoms with Gasteiger partial charge in [-0.3, -0.25) is 9.59 Å². The first-order valence-corrected chi connectivity index (χ1v) is 6.84. The van der Waals surface area contributed by atoms with Gasteiger partial charge in [-0.05, 0) is 31.6 Å². The lowest BCUT2D eigenvalue weighted by molar-refractivity contribution is -0.146. The molecule has 1 saturated carbocycles. The second kappa shape index (κ2) is 6.03. The number of hydrogen-bond donors (Lipinski definition) is 1. The fourth-order valence-electron chi connectivity index (χ4n) is 2.99. The summed E-state index contributed by atoms with van der Waals surface area (Å²) in [5.41, 5.74) is 0. The van der Waals surface area contributed by atoms with Crippen molar-refractivity contribution in [3.63, 3.8) is 0 Å². The second-order valence-electron chi connectivity index (χ2n) is 5.32. The Hall–Kier alpha value is -1.32. The minimum absolute atomic E-state index is 0.0147. The largest absolute Gasteiger partial charge is 0.480 e. The van der Waals surface area contributed by atoms with Crippen LogP contribution in [0.2, 0.25) is 0 Å². The van der Waals surface area contributed by atoms with E-state index in [2.05, 4.69) is 12.2 Å². The molecule has 0 aromatic carbocycles. The van der Waals surface area contributed by atoms with Gasteiger partial charge in [-0.25, -0.2) is 0 Å². The smallest absolute Gasteiger partial charge is 0.323 e. The molecule has 1 fully saturated rings. The molecule has 4 heteroatoms. The number of aliphatic carboxylic acids is 1. The van der Waals surface area contributed by atoms with E-state index in [-0.39, 0.29) is 18.5 Å². The van der Waals surface area contributed by atoms with Crippen LogP contribution in [-0.4, -0.2) is 34.5 Å². The highest BCUT2D eigenvalue weighted by Crippen LogP contribution is 2.26. The molecule has 0 spiro atoms. The normalized spacial score (nSPS) is 23.4. The molecule has 4 nitrogen and oxygen atoms in total. The number of carbonyl (C=O) groups is 2. The van der Waals surface area contributed by atoms with E-state index in [9.17, 15) is 9.59 Å². The van der Waals surface area contributed by atoms with E-state index in [0.29, 0.717) is 12.3 Å². The van der Waals surface area contributed by atoms with Crippen LogP contribution in [0.5, 0.6) is 0 Å². The summed E-state index contributed by atoms with van der Waals surface area (Å²) in [6.07, 6.45) is 10.9. The average Bonchev–Trinajstić information content (AvgIpc) is 2.97. The Morgan fingerprint density at radius 1 is 1.22 bits per heavy atom. The van der Waals surface area contributed by atoms with Gasteiger partial charge in [0.2, 0.25) is 5.91 Å². The molecule has 0 aromatic heterocycles. The number of nitrogens with zero attached hydrogens (tertiary/aromatic N) is 1. The SMILES string of the molecule is O=C(O)CN(C(=O)CC1C=CCC1)C1CCCC1. The summed E-state index contributed by atoms with van der Waals surface area (Å²) in [6.45, 7) is -0.139. The summed E-state index contributed by atoms with van der Waals surface area (Å²) in [6, 6.07) is 0.152. The minimum atomic E-state index is -0.905. The molecule has 2 aliphatic carbocycles. The van der Waals surface area contributed by atoms with Crippen LogP contribution >= 0.6 is 0 Å². The first kappa shape index (κ1) is 13.1. The molecule has 1 amide bonds. The lowest BCUT2D eigenvalue weighted by Crippen LogP contribution is -2.42. The standard InChI is InChI=1S/C14H21NO3/c16-13(9-11-5-1-2-6-11)15(10-14(17)18)12-7-3-4-8-12/h1,5,11-12H,2-4,6-10H2,(H,17,18). The average molecular weight is 251 g/mol. The van der Waals surface area contributed by atoms with Gasteiger partial charge in [0.1, 0.15) is 6.54 Å². The molecule has 18 heavy (non-hydrogen) atoms. The summed E-state index contributed by atoms with van der Waals surface area (Å²) >= 11 is 0. The number of allylic oxidation sites excluding steroid dienone is 2. The first-order valence-electron chi connectivity index (χ1n) is 6.84. The number of rotatable bonds is 5. The summed E-state index contributed by atoms with van der Waals surface area (Å²) in [7, 11) is 0. The van der Waals surface area contributed by atoms with Crippen LogP contribution < -0.4 is 0 Å². The van der Waals surface area contributed by atoms with Crippen molar-refractivity contribution in [3.8, 4) is 0 Å². The van der Waals surface area contributed by atoms with Crippen molar-refractivity contribution in [2.45, 2.75) is 51.0 Å². The maximum Gasteiger partial charge on any atom is 0.323 e. The van der Waals surface area contributed by atoms with Gasteiger partial charge in [-0.1, -0.05) is 25.0 Å². The Kier molecular flexibility index (Phi) is 4.39. The van der Waals surface area contributed by atoms with Gasteiger partial charge in [0.15, 0.2) is 0 Å². The fraction of sp³-hybridized carbons (Fsp3) is 0.714.